The molecule has 2 N–H and O–H groups in total. The lowest BCUT2D eigenvalue weighted by Crippen LogP contribution is -2.39. The molecule has 0 heterocycles. The summed E-state index contributed by atoms with van der Waals surface area (Å²) in [6.45, 7) is 0. The number of amides is 1. The Morgan fingerprint density at radius 1 is 1.42 bits per heavy atom. The van der Waals surface area contributed by atoms with E-state index in [4.69, 9.17) is 11.5 Å². The van der Waals surface area contributed by atoms with E-state index in [0.717, 1.165) is 0 Å². The average molecular weight is 261 g/mol. The number of hydrogen-bond acceptors (Lipinski definition) is 2. The van der Waals surface area contributed by atoms with Crippen LogP contribution in [0.1, 0.15) is 12.0 Å². The van der Waals surface area contributed by atoms with E-state index in [0.29, 0.717) is 5.56 Å². The van der Waals surface area contributed by atoms with E-state index in [1.807, 2.05) is 0 Å². The third kappa shape index (κ3) is 5.04. The van der Waals surface area contributed by atoms with Gasteiger partial charge in [-0.25, -0.2) is 9.18 Å². The van der Waals surface area contributed by atoms with Gasteiger partial charge in [0.1, 0.15) is 11.9 Å². The Labute approximate surface area is 109 Å². The fourth-order valence-electron chi connectivity index (χ4n) is 1.28. The fraction of sp³-hybridized carbons (Fsp3) is 0.143. The second-order valence-corrected chi connectivity index (χ2v) is 3.69. The molecule has 0 saturated carbocycles. The molecule has 0 saturated heterocycles. The van der Waals surface area contributed by atoms with Gasteiger partial charge in [0.05, 0.1) is 0 Å². The van der Waals surface area contributed by atoms with Crippen LogP contribution in [0.3, 0.4) is 0 Å². The lowest BCUT2D eigenvalue weighted by Gasteiger charge is -2.09. The minimum atomic E-state index is -1.19. The van der Waals surface area contributed by atoms with E-state index >= 15 is 0 Å². The largest absolute Gasteiger partial charge is 0.480 e. The maximum Gasteiger partial charge on any atom is 0.327 e. The lowest BCUT2D eigenvalue weighted by atomic mass is 10.2. The van der Waals surface area contributed by atoms with Crippen molar-refractivity contribution in [2.24, 2.45) is 0 Å². The fourth-order valence-corrected chi connectivity index (χ4v) is 1.28. The predicted molar refractivity (Wildman–Crippen MR) is 68.5 cm³/mol. The molecule has 1 rings (SSSR count). The Kier molecular flexibility index (Phi) is 5.30. The summed E-state index contributed by atoms with van der Waals surface area (Å²) >= 11 is 0. The van der Waals surface area contributed by atoms with E-state index < -0.39 is 17.9 Å². The van der Waals surface area contributed by atoms with Crippen LogP contribution in [0.5, 0.6) is 0 Å². The smallest absolute Gasteiger partial charge is 0.327 e. The first-order chi connectivity index (χ1) is 9.02. The predicted octanol–water partition coefficient (Wildman–Crippen LogP) is 1.43. The number of aliphatic carboxylic acids is 1. The number of nitrogens with one attached hydrogen (secondary N) is 1. The van der Waals surface area contributed by atoms with Gasteiger partial charge in [0.2, 0.25) is 5.91 Å². The van der Waals surface area contributed by atoms with Gasteiger partial charge in [-0.15, -0.1) is 12.3 Å². The number of carboxylic acids is 1. The van der Waals surface area contributed by atoms with Gasteiger partial charge < -0.3 is 10.4 Å². The first-order valence-electron chi connectivity index (χ1n) is 5.43. The summed E-state index contributed by atoms with van der Waals surface area (Å²) in [4.78, 5) is 22.2. The first-order valence-corrected chi connectivity index (χ1v) is 5.43. The summed E-state index contributed by atoms with van der Waals surface area (Å²) in [6, 6.07) is 4.39. The summed E-state index contributed by atoms with van der Waals surface area (Å²) in [6.07, 6.45) is 7.53. The van der Waals surface area contributed by atoms with Crippen molar-refractivity contribution in [3.05, 3.63) is 41.7 Å². The zero-order chi connectivity index (χ0) is 14.3. The van der Waals surface area contributed by atoms with Crippen molar-refractivity contribution in [3.63, 3.8) is 0 Å². The number of carboxylic acid groups (broad SMARTS) is 1. The maximum absolute atomic E-state index is 12.6. The van der Waals surface area contributed by atoms with Crippen LogP contribution in [0.4, 0.5) is 4.39 Å². The molecular weight excluding hydrogens is 249 g/mol. The highest BCUT2D eigenvalue weighted by Crippen LogP contribution is 2.04. The SMILES string of the molecule is C#CCC(NC(=O)/C=C/c1ccc(F)cc1)C(=O)O. The Bertz CT molecular complexity index is 529. The molecule has 0 aliphatic rings. The molecule has 0 aliphatic carbocycles. The number of benzene rings is 1. The van der Waals surface area contributed by atoms with Crippen LogP contribution in [-0.2, 0) is 9.59 Å². The van der Waals surface area contributed by atoms with Crippen LogP contribution in [0.25, 0.3) is 6.08 Å². The van der Waals surface area contributed by atoms with Crippen molar-refractivity contribution in [2.75, 3.05) is 0 Å². The highest BCUT2D eigenvalue weighted by molar-refractivity contribution is 5.94. The van der Waals surface area contributed by atoms with Crippen molar-refractivity contribution in [2.45, 2.75) is 12.5 Å². The van der Waals surface area contributed by atoms with Gasteiger partial charge in [0.15, 0.2) is 0 Å². The average Bonchev–Trinajstić information content (AvgIpc) is 2.37. The molecule has 0 bridgehead atoms. The van der Waals surface area contributed by atoms with Gasteiger partial charge in [-0.05, 0) is 23.8 Å². The van der Waals surface area contributed by atoms with E-state index in [1.165, 1.54) is 36.4 Å². The molecule has 0 aliphatic heterocycles. The third-order valence-corrected chi connectivity index (χ3v) is 2.23. The monoisotopic (exact) mass is 261 g/mol. The molecule has 1 atom stereocenters. The van der Waals surface area contributed by atoms with Crippen molar-refractivity contribution < 1.29 is 19.1 Å². The van der Waals surface area contributed by atoms with Crippen molar-refractivity contribution in [1.29, 1.82) is 0 Å². The van der Waals surface area contributed by atoms with Crippen LogP contribution in [0.2, 0.25) is 0 Å². The van der Waals surface area contributed by atoms with Crippen LogP contribution in [0.15, 0.2) is 30.3 Å². The summed E-state index contributed by atoms with van der Waals surface area (Å²) < 4.78 is 12.6. The molecular formula is C14H12FNO3. The zero-order valence-corrected chi connectivity index (χ0v) is 9.97. The number of terminal acetylenes is 1. The van der Waals surface area contributed by atoms with Crippen LogP contribution in [0, 0.1) is 18.2 Å². The molecule has 5 heteroatoms. The summed E-state index contributed by atoms with van der Waals surface area (Å²) in [5, 5.41) is 11.1. The molecule has 0 spiro atoms. The van der Waals surface area contributed by atoms with Gasteiger partial charge in [-0.3, -0.25) is 4.79 Å². The topological polar surface area (TPSA) is 66.4 Å². The van der Waals surface area contributed by atoms with Gasteiger partial charge in [-0.1, -0.05) is 12.1 Å². The number of carbonyl (C=O) groups excluding carboxylic acids is 1. The van der Waals surface area contributed by atoms with Crippen molar-refractivity contribution in [1.82, 2.24) is 5.32 Å². The molecule has 4 nitrogen and oxygen atoms in total. The Hall–Kier alpha value is -2.61. The standard InChI is InChI=1S/C14H12FNO3/c1-2-3-12(14(18)19)16-13(17)9-6-10-4-7-11(15)8-5-10/h1,4-9,12H,3H2,(H,16,17)(H,18,19)/b9-6+. The molecule has 0 fully saturated rings. The summed E-state index contributed by atoms with van der Waals surface area (Å²) in [5.74, 6) is 0.0297. The second-order valence-electron chi connectivity index (χ2n) is 3.69. The molecule has 19 heavy (non-hydrogen) atoms. The normalized spacial score (nSPS) is 11.8. The quantitative estimate of drug-likeness (QED) is 0.622. The summed E-state index contributed by atoms with van der Waals surface area (Å²) in [5.41, 5.74) is 0.625. The van der Waals surface area contributed by atoms with Crippen molar-refractivity contribution >= 4 is 18.0 Å². The lowest BCUT2D eigenvalue weighted by molar-refractivity contribution is -0.141. The zero-order valence-electron chi connectivity index (χ0n) is 9.97. The van der Waals surface area contributed by atoms with E-state index in [-0.39, 0.29) is 12.2 Å². The van der Waals surface area contributed by atoms with E-state index in [1.54, 1.807) is 0 Å². The molecule has 0 radical (unpaired) electrons. The molecule has 1 unspecified atom stereocenters. The van der Waals surface area contributed by atoms with Crippen LogP contribution in [-0.4, -0.2) is 23.0 Å². The molecule has 1 aromatic carbocycles. The van der Waals surface area contributed by atoms with Gasteiger partial charge >= 0.3 is 5.97 Å². The van der Waals surface area contributed by atoms with Crippen molar-refractivity contribution in [3.8, 4) is 12.3 Å². The van der Waals surface area contributed by atoms with Gasteiger partial charge in [-0.2, -0.15) is 0 Å². The van der Waals surface area contributed by atoms with Crippen LogP contribution < -0.4 is 5.32 Å². The molecule has 98 valence electrons. The number of carbonyl (C=O) groups is 2. The highest BCUT2D eigenvalue weighted by Gasteiger charge is 2.17. The molecule has 0 aromatic heterocycles. The van der Waals surface area contributed by atoms with E-state index in [9.17, 15) is 14.0 Å². The number of hydrogen-bond donors (Lipinski definition) is 2. The molecule has 1 aromatic rings. The Balaban J connectivity index is 2.61. The van der Waals surface area contributed by atoms with Crippen LogP contribution >= 0.6 is 0 Å². The number of halogens is 1. The minimum Gasteiger partial charge on any atom is -0.480 e. The third-order valence-electron chi connectivity index (χ3n) is 2.23. The Morgan fingerprint density at radius 2 is 2.05 bits per heavy atom. The molecule has 1 amide bonds. The van der Waals surface area contributed by atoms with E-state index in [2.05, 4.69) is 11.2 Å². The summed E-state index contributed by atoms with van der Waals surface area (Å²) in [7, 11) is 0. The Morgan fingerprint density at radius 3 is 2.58 bits per heavy atom. The van der Waals surface area contributed by atoms with Gasteiger partial charge in [0, 0.05) is 12.5 Å². The van der Waals surface area contributed by atoms with Gasteiger partial charge in [0.25, 0.3) is 0 Å². The second kappa shape index (κ2) is 6.97. The number of rotatable bonds is 5. The minimum absolute atomic E-state index is 0.0918. The maximum atomic E-state index is 12.6. The first kappa shape index (κ1) is 14.5. The highest BCUT2D eigenvalue weighted by atomic mass is 19.1.